The van der Waals surface area contributed by atoms with Crippen LogP contribution in [0.2, 0.25) is 0 Å². The summed E-state index contributed by atoms with van der Waals surface area (Å²) in [4.78, 5) is 31.5. The van der Waals surface area contributed by atoms with E-state index in [1.54, 1.807) is 11.1 Å². The lowest BCUT2D eigenvalue weighted by molar-refractivity contribution is 0.0662. The molecule has 0 unspecified atom stereocenters. The van der Waals surface area contributed by atoms with Gasteiger partial charge in [-0.3, -0.25) is 9.48 Å². The summed E-state index contributed by atoms with van der Waals surface area (Å²) in [6.45, 7) is 5.12. The second-order valence-electron chi connectivity index (χ2n) is 9.65. The van der Waals surface area contributed by atoms with Gasteiger partial charge in [-0.15, -0.1) is 5.10 Å². The van der Waals surface area contributed by atoms with Gasteiger partial charge in [-0.05, 0) is 61.6 Å². The first-order valence-corrected chi connectivity index (χ1v) is 12.7. The van der Waals surface area contributed by atoms with Gasteiger partial charge in [-0.25, -0.2) is 4.79 Å². The first-order chi connectivity index (χ1) is 17.6. The van der Waals surface area contributed by atoms with Crippen LogP contribution in [0.5, 0.6) is 0 Å². The predicted octanol–water partition coefficient (Wildman–Crippen LogP) is 2.91. The van der Waals surface area contributed by atoms with Crippen molar-refractivity contribution in [2.24, 2.45) is 13.0 Å². The smallest absolute Gasteiger partial charge is 0.321 e. The highest BCUT2D eigenvalue weighted by molar-refractivity contribution is 5.93. The van der Waals surface area contributed by atoms with Crippen LogP contribution in [0.3, 0.4) is 0 Å². The molecule has 2 aliphatic rings. The van der Waals surface area contributed by atoms with E-state index in [1.807, 2.05) is 57.9 Å². The van der Waals surface area contributed by atoms with Gasteiger partial charge in [0.1, 0.15) is 5.69 Å². The molecule has 2 fully saturated rings. The molecule has 4 heterocycles. The Balaban J connectivity index is 1.06. The molecule has 2 aromatic heterocycles. The molecule has 0 saturated carbocycles. The minimum absolute atomic E-state index is 0.0115. The Morgan fingerprint density at radius 2 is 1.67 bits per heavy atom. The number of amides is 3. The molecule has 5 rings (SSSR count). The van der Waals surface area contributed by atoms with Gasteiger partial charge in [0.2, 0.25) is 0 Å². The van der Waals surface area contributed by atoms with E-state index < -0.39 is 0 Å². The molecule has 2 aliphatic heterocycles. The van der Waals surface area contributed by atoms with Gasteiger partial charge in [-0.2, -0.15) is 0 Å². The van der Waals surface area contributed by atoms with E-state index in [0.717, 1.165) is 31.7 Å². The minimum atomic E-state index is -0.123. The maximum atomic E-state index is 12.8. The summed E-state index contributed by atoms with van der Waals surface area (Å²) in [6.07, 6.45) is 8.99. The van der Waals surface area contributed by atoms with E-state index in [2.05, 4.69) is 32.7 Å². The number of urea groups is 1. The maximum Gasteiger partial charge on any atom is 0.321 e. The monoisotopic (exact) mass is 490 g/mol. The van der Waals surface area contributed by atoms with Crippen molar-refractivity contribution < 1.29 is 9.59 Å². The third-order valence-electron chi connectivity index (χ3n) is 7.35. The number of nitrogens with one attached hydrogen (secondary N) is 1. The molecule has 2 saturated heterocycles. The average molecular weight is 491 g/mol. The molecule has 190 valence electrons. The molecule has 3 aromatic rings. The number of piperidine rings is 1. The normalized spacial score (nSPS) is 16.9. The summed E-state index contributed by atoms with van der Waals surface area (Å²) in [5.74, 6) is 0.727. The van der Waals surface area contributed by atoms with Crippen molar-refractivity contribution in [1.82, 2.24) is 29.4 Å². The molecule has 0 radical (unpaired) electrons. The highest BCUT2D eigenvalue weighted by Crippen LogP contribution is 2.26. The molecule has 0 aliphatic carbocycles. The quantitative estimate of drug-likeness (QED) is 0.574. The number of carbonyl (C=O) groups excluding carboxylic acids is 2. The zero-order chi connectivity index (χ0) is 24.9. The topological polar surface area (TPSA) is 91.5 Å². The van der Waals surface area contributed by atoms with E-state index >= 15 is 0 Å². The van der Waals surface area contributed by atoms with Crippen LogP contribution in [-0.4, -0.2) is 80.6 Å². The largest absolute Gasteiger partial charge is 0.372 e. The Kier molecular flexibility index (Phi) is 7.20. The predicted molar refractivity (Wildman–Crippen MR) is 138 cm³/mol. The third kappa shape index (κ3) is 5.53. The molecule has 1 N–H and O–H groups in total. The van der Waals surface area contributed by atoms with E-state index in [-0.39, 0.29) is 11.9 Å². The van der Waals surface area contributed by atoms with Gasteiger partial charge in [0.05, 0.1) is 6.20 Å². The van der Waals surface area contributed by atoms with Gasteiger partial charge in [0.15, 0.2) is 0 Å². The zero-order valence-electron chi connectivity index (χ0n) is 20.8. The van der Waals surface area contributed by atoms with Crippen molar-refractivity contribution >= 4 is 23.3 Å². The fourth-order valence-electron chi connectivity index (χ4n) is 5.06. The van der Waals surface area contributed by atoms with Crippen molar-refractivity contribution in [3.63, 3.8) is 0 Å². The number of piperazine rings is 1. The van der Waals surface area contributed by atoms with Crippen LogP contribution in [0.15, 0.2) is 55.0 Å². The summed E-state index contributed by atoms with van der Waals surface area (Å²) >= 11 is 0. The van der Waals surface area contributed by atoms with Gasteiger partial charge >= 0.3 is 6.03 Å². The Labute approximate surface area is 211 Å². The second-order valence-corrected chi connectivity index (χ2v) is 9.65. The first kappa shape index (κ1) is 23.9. The lowest BCUT2D eigenvalue weighted by Gasteiger charge is -2.35. The average Bonchev–Trinajstić information content (AvgIpc) is 3.60. The molecule has 36 heavy (non-hydrogen) atoms. The standard InChI is InChI=1S/C26H34N8O2/c1-30-12-2-3-24(30)25(35)32-17-19-33(20-18-32)26(36)28-22-4-6-23(7-5-22)31-13-8-21(9-14-31)10-15-34-16-11-27-29-34/h2-7,11-12,16,21H,8-10,13-15,17-20H2,1H3,(H,28,36). The van der Waals surface area contributed by atoms with E-state index in [0.29, 0.717) is 37.8 Å². The van der Waals surface area contributed by atoms with Crippen LogP contribution in [0.1, 0.15) is 29.8 Å². The molecule has 10 heteroatoms. The highest BCUT2D eigenvalue weighted by atomic mass is 16.2. The number of hydrogen-bond donors (Lipinski definition) is 1. The van der Waals surface area contributed by atoms with Crippen LogP contribution in [-0.2, 0) is 13.6 Å². The number of aromatic nitrogens is 4. The summed E-state index contributed by atoms with van der Waals surface area (Å²) in [6, 6.07) is 11.7. The van der Waals surface area contributed by atoms with Crippen LogP contribution < -0.4 is 10.2 Å². The summed E-state index contributed by atoms with van der Waals surface area (Å²) in [5.41, 5.74) is 2.65. The number of benzene rings is 1. The fraction of sp³-hybridized carbons (Fsp3) is 0.462. The minimum Gasteiger partial charge on any atom is -0.372 e. The molecule has 0 bridgehead atoms. The van der Waals surface area contributed by atoms with Crippen molar-refractivity contribution in [3.05, 3.63) is 60.7 Å². The van der Waals surface area contributed by atoms with Gasteiger partial charge in [-0.1, -0.05) is 5.21 Å². The van der Waals surface area contributed by atoms with Crippen LogP contribution in [0, 0.1) is 5.92 Å². The molecular weight excluding hydrogens is 456 g/mol. The zero-order valence-corrected chi connectivity index (χ0v) is 20.8. The van der Waals surface area contributed by atoms with E-state index in [1.165, 1.54) is 18.5 Å². The number of rotatable bonds is 6. The highest BCUT2D eigenvalue weighted by Gasteiger charge is 2.26. The molecule has 10 nitrogen and oxygen atoms in total. The number of anilines is 2. The van der Waals surface area contributed by atoms with Crippen molar-refractivity contribution in [1.29, 1.82) is 0 Å². The molecule has 3 amide bonds. The maximum absolute atomic E-state index is 12.8. The number of carbonyl (C=O) groups is 2. The lowest BCUT2D eigenvalue weighted by Crippen LogP contribution is -2.51. The van der Waals surface area contributed by atoms with Crippen LogP contribution >= 0.6 is 0 Å². The Hall–Kier alpha value is -3.82. The molecule has 0 atom stereocenters. The van der Waals surface area contributed by atoms with Crippen LogP contribution in [0.4, 0.5) is 16.2 Å². The SMILES string of the molecule is Cn1cccc1C(=O)N1CCN(C(=O)Nc2ccc(N3CCC(CCn4ccnn4)CC3)cc2)CC1. The fourth-order valence-corrected chi connectivity index (χ4v) is 5.06. The van der Waals surface area contributed by atoms with Crippen molar-refractivity contribution in [2.45, 2.75) is 25.8 Å². The molecular formula is C26H34N8O2. The van der Waals surface area contributed by atoms with Crippen molar-refractivity contribution in [2.75, 3.05) is 49.5 Å². The second kappa shape index (κ2) is 10.8. The van der Waals surface area contributed by atoms with E-state index in [9.17, 15) is 9.59 Å². The number of aryl methyl sites for hydroxylation is 2. The van der Waals surface area contributed by atoms with Gasteiger partial charge in [0, 0.05) is 76.6 Å². The third-order valence-corrected chi connectivity index (χ3v) is 7.35. The first-order valence-electron chi connectivity index (χ1n) is 12.7. The van der Waals surface area contributed by atoms with Crippen molar-refractivity contribution in [3.8, 4) is 0 Å². The van der Waals surface area contributed by atoms with E-state index in [4.69, 9.17) is 0 Å². The molecule has 1 aromatic carbocycles. The summed E-state index contributed by atoms with van der Waals surface area (Å²) in [7, 11) is 1.87. The molecule has 0 spiro atoms. The summed E-state index contributed by atoms with van der Waals surface area (Å²) in [5, 5.41) is 10.9. The number of nitrogens with zero attached hydrogens (tertiary/aromatic N) is 7. The van der Waals surface area contributed by atoms with Gasteiger partial charge < -0.3 is 24.6 Å². The Bertz CT molecular complexity index is 1140. The van der Waals surface area contributed by atoms with Crippen LogP contribution in [0.25, 0.3) is 0 Å². The Morgan fingerprint density at radius 3 is 2.31 bits per heavy atom. The van der Waals surface area contributed by atoms with Gasteiger partial charge in [0.25, 0.3) is 5.91 Å². The summed E-state index contributed by atoms with van der Waals surface area (Å²) < 4.78 is 3.73. The Morgan fingerprint density at radius 1 is 0.944 bits per heavy atom. The number of hydrogen-bond acceptors (Lipinski definition) is 5. The lowest BCUT2D eigenvalue weighted by atomic mass is 9.93.